The molecule has 65 heavy (non-hydrogen) atoms. The summed E-state index contributed by atoms with van der Waals surface area (Å²) in [6.07, 6.45) is 37.3. The molecule has 0 bridgehead atoms. The Morgan fingerprint density at radius 3 is 1.75 bits per heavy atom. The van der Waals surface area contributed by atoms with Gasteiger partial charge in [-0.15, -0.1) is 0 Å². The molecule has 0 radical (unpaired) electrons. The van der Waals surface area contributed by atoms with Crippen LogP contribution >= 0.6 is 7.82 Å². The van der Waals surface area contributed by atoms with Gasteiger partial charge in [-0.25, -0.2) is 4.57 Å². The summed E-state index contributed by atoms with van der Waals surface area (Å²) in [5.74, 6) is -1.71. The molecule has 0 aliphatic heterocycles. The van der Waals surface area contributed by atoms with Gasteiger partial charge in [-0.3, -0.25) is 23.4 Å². The van der Waals surface area contributed by atoms with Gasteiger partial charge in [0, 0.05) is 31.1 Å². The minimum Gasteiger partial charge on any atom is -0.462 e. The average Bonchev–Trinajstić information content (AvgIpc) is 3.52. The molecule has 1 unspecified atom stereocenters. The average molecular weight is 943 g/mol. The number of Topliss-reactive ketones (excluding diaryl/α,β-unsaturated/α-hetero) is 1. The fourth-order valence-electron chi connectivity index (χ4n) is 8.17. The predicted octanol–water partition coefficient (Wildman–Crippen LogP) is 12.1. The van der Waals surface area contributed by atoms with Crippen molar-refractivity contribution in [3.63, 3.8) is 0 Å². The van der Waals surface area contributed by atoms with Crippen LogP contribution in [0.3, 0.4) is 0 Å². The van der Waals surface area contributed by atoms with Crippen LogP contribution in [0.4, 0.5) is 0 Å². The van der Waals surface area contributed by atoms with Gasteiger partial charge in [0.25, 0.3) is 0 Å². The third kappa shape index (κ3) is 35.8. The van der Waals surface area contributed by atoms with E-state index in [0.717, 1.165) is 38.5 Å². The van der Waals surface area contributed by atoms with Gasteiger partial charge < -0.3 is 29.1 Å². The van der Waals surface area contributed by atoms with Crippen molar-refractivity contribution in [2.75, 3.05) is 47.5 Å². The quantitative estimate of drug-likeness (QED) is 0.0175. The minimum absolute atomic E-state index is 0.00287. The van der Waals surface area contributed by atoms with Gasteiger partial charge in [-0.05, 0) is 32.1 Å². The highest BCUT2D eigenvalue weighted by molar-refractivity contribution is 7.47. The van der Waals surface area contributed by atoms with Crippen molar-refractivity contribution in [1.82, 2.24) is 0 Å². The van der Waals surface area contributed by atoms with Gasteiger partial charge in [0.05, 0.1) is 40.0 Å². The van der Waals surface area contributed by atoms with E-state index in [9.17, 15) is 34.1 Å². The molecule has 1 aliphatic carbocycles. The number of quaternary nitrogens is 1. The highest BCUT2D eigenvalue weighted by atomic mass is 31.2. The molecule has 0 amide bonds. The lowest BCUT2D eigenvalue weighted by Gasteiger charge is -2.24. The predicted molar refractivity (Wildman–Crippen MR) is 262 cm³/mol. The highest BCUT2D eigenvalue weighted by Gasteiger charge is 2.39. The number of nitrogens with zero attached hydrogens (tertiary/aromatic N) is 1. The van der Waals surface area contributed by atoms with Crippen LogP contribution in [-0.2, 0) is 37.5 Å². The van der Waals surface area contributed by atoms with Crippen LogP contribution in [0, 0.1) is 11.8 Å². The lowest BCUT2D eigenvalue weighted by Crippen LogP contribution is -2.37. The highest BCUT2D eigenvalue weighted by Crippen LogP contribution is 2.43. The summed E-state index contributed by atoms with van der Waals surface area (Å²) in [5.41, 5.74) is 0. The Balaban J connectivity index is 2.38. The molecule has 0 spiro atoms. The second kappa shape index (κ2) is 39.0. The zero-order valence-corrected chi connectivity index (χ0v) is 42.8. The maximum Gasteiger partial charge on any atom is 0.472 e. The number of hydrogen-bond donors (Lipinski definition) is 3. The first-order valence-corrected chi connectivity index (χ1v) is 27.7. The summed E-state index contributed by atoms with van der Waals surface area (Å²) in [6.45, 7) is 4.04. The topological polar surface area (TPSA) is 166 Å². The fourth-order valence-corrected chi connectivity index (χ4v) is 8.92. The Hall–Kier alpha value is -1.92. The van der Waals surface area contributed by atoms with Crippen molar-refractivity contribution in [2.45, 2.75) is 231 Å². The van der Waals surface area contributed by atoms with Crippen LogP contribution in [0.25, 0.3) is 0 Å². The van der Waals surface area contributed by atoms with Crippen molar-refractivity contribution in [2.24, 2.45) is 11.8 Å². The van der Waals surface area contributed by atoms with Crippen LogP contribution < -0.4 is 0 Å². The third-order valence-corrected chi connectivity index (χ3v) is 13.3. The molecule has 13 heteroatoms. The Kier molecular flexibility index (Phi) is 36.6. The van der Waals surface area contributed by atoms with Crippen LogP contribution in [0.15, 0.2) is 24.3 Å². The maximum atomic E-state index is 12.8. The first-order chi connectivity index (χ1) is 31.2. The molecule has 1 rings (SSSR count). The number of carbonyl (C=O) groups excluding carboxylic acids is 3. The van der Waals surface area contributed by atoms with Gasteiger partial charge >= 0.3 is 19.8 Å². The molecule has 1 saturated carbocycles. The molecule has 1 fully saturated rings. The Morgan fingerprint density at radius 2 is 1.22 bits per heavy atom. The van der Waals surface area contributed by atoms with Gasteiger partial charge in [-0.2, -0.15) is 0 Å². The molecule has 3 N–H and O–H groups in total. The zero-order chi connectivity index (χ0) is 48.0. The van der Waals surface area contributed by atoms with Crippen LogP contribution in [0.1, 0.15) is 213 Å². The molecule has 0 saturated heterocycles. The van der Waals surface area contributed by atoms with Crippen molar-refractivity contribution in [1.29, 1.82) is 0 Å². The minimum atomic E-state index is -4.45. The molecule has 0 aromatic rings. The Morgan fingerprint density at radius 1 is 0.708 bits per heavy atom. The number of ether oxygens (including phenoxy) is 2. The van der Waals surface area contributed by atoms with Crippen LogP contribution in [-0.4, -0.2) is 103 Å². The number of rotatable bonds is 44. The molecule has 1 aliphatic rings. The molecule has 0 aromatic carbocycles. The van der Waals surface area contributed by atoms with Crippen LogP contribution in [0.2, 0.25) is 0 Å². The van der Waals surface area contributed by atoms with Gasteiger partial charge in [0.1, 0.15) is 25.5 Å². The fraction of sp³-hybridized carbons (Fsp3) is 0.865. The number of phosphoric acid groups is 1. The Bertz CT molecular complexity index is 1320. The van der Waals surface area contributed by atoms with Crippen molar-refractivity contribution >= 4 is 25.5 Å². The number of esters is 2. The SMILES string of the molecule is CCCCCCCCCCCCCCCCCCCCCCCC(=O)OC[C@H](COP(=O)(O)OCC[N+](C)(C)C)OC(=O)CCC/C=C\C[C@H]1C(=O)C[C@@H](O)[C@@H]1/C=C/[C@@H](O)CCCCC. The molecular formula is C52H97NO11P+. The summed E-state index contributed by atoms with van der Waals surface area (Å²) in [4.78, 5) is 48.3. The number of aliphatic hydroxyl groups is 2. The second-order valence-corrected chi connectivity index (χ2v) is 21.1. The number of phosphoric ester groups is 1. The maximum absolute atomic E-state index is 12.8. The van der Waals surface area contributed by atoms with E-state index in [2.05, 4.69) is 13.8 Å². The number of unbranched alkanes of at least 4 members (excludes halogenated alkanes) is 23. The first kappa shape index (κ1) is 61.1. The summed E-state index contributed by atoms with van der Waals surface area (Å²) in [7, 11) is 1.32. The Labute approximate surface area is 396 Å². The zero-order valence-electron chi connectivity index (χ0n) is 41.9. The van der Waals surface area contributed by atoms with Crippen molar-refractivity contribution < 1.29 is 57.1 Å². The van der Waals surface area contributed by atoms with Crippen LogP contribution in [0.5, 0.6) is 0 Å². The molecule has 0 aromatic heterocycles. The lowest BCUT2D eigenvalue weighted by molar-refractivity contribution is -0.870. The normalized spacial score (nSPS) is 18.7. The monoisotopic (exact) mass is 943 g/mol. The van der Waals surface area contributed by atoms with E-state index in [1.807, 2.05) is 33.3 Å². The number of aliphatic hydroxyl groups excluding tert-OH is 2. The molecule has 0 heterocycles. The van der Waals surface area contributed by atoms with Gasteiger partial charge in [0.15, 0.2) is 6.10 Å². The largest absolute Gasteiger partial charge is 0.472 e. The van der Waals surface area contributed by atoms with E-state index in [1.54, 1.807) is 12.2 Å². The van der Waals surface area contributed by atoms with E-state index < -0.39 is 44.7 Å². The van der Waals surface area contributed by atoms with E-state index in [1.165, 1.54) is 109 Å². The second-order valence-electron chi connectivity index (χ2n) is 19.7. The third-order valence-electron chi connectivity index (χ3n) is 12.4. The molecular weight excluding hydrogens is 846 g/mol. The molecule has 6 atom stereocenters. The van der Waals surface area contributed by atoms with Crippen molar-refractivity contribution in [3.05, 3.63) is 24.3 Å². The number of carbonyl (C=O) groups is 3. The summed E-state index contributed by atoms with van der Waals surface area (Å²) in [6, 6.07) is 0. The van der Waals surface area contributed by atoms with Gasteiger partial charge in [-0.1, -0.05) is 186 Å². The van der Waals surface area contributed by atoms with E-state index >= 15 is 0 Å². The van der Waals surface area contributed by atoms with E-state index in [0.29, 0.717) is 43.1 Å². The number of likely N-dealkylation sites (N-methyl/N-ethyl adjacent to an activating group) is 1. The standard InChI is InChI=1S/C52H96NO11P/c1-6-8-10-11-12-13-14-15-16-17-18-19-20-21-22-23-24-25-26-27-32-36-51(57)61-43-46(44-63-65(59,60)62-41-40-53(3,4)5)64-52(58)37-33-29-28-31-35-47-48(50(56)42-49(47)55)39-38-45(54)34-30-9-7-2/h28,31,38-39,45-48,50,54,56H,6-27,29-30,32-37,40-44H2,1-5H3/p+1/b31-28-,39-38+/t45-,46+,47+,48+,50+/m0/s1. The number of hydrogen-bond acceptors (Lipinski definition) is 10. The summed E-state index contributed by atoms with van der Waals surface area (Å²) >= 11 is 0. The first-order valence-electron chi connectivity index (χ1n) is 26.2. The molecule has 380 valence electrons. The number of allylic oxidation sites excluding steroid dienone is 2. The lowest BCUT2D eigenvalue weighted by atomic mass is 9.90. The smallest absolute Gasteiger partial charge is 0.462 e. The summed E-state index contributed by atoms with van der Waals surface area (Å²) in [5, 5.41) is 20.8. The van der Waals surface area contributed by atoms with Gasteiger partial charge in [0.2, 0.25) is 0 Å². The summed E-state index contributed by atoms with van der Waals surface area (Å²) < 4.78 is 34.4. The molecule has 12 nitrogen and oxygen atoms in total. The van der Waals surface area contributed by atoms with E-state index in [-0.39, 0.29) is 50.1 Å². The number of ketones is 1. The van der Waals surface area contributed by atoms with Crippen molar-refractivity contribution in [3.8, 4) is 0 Å². The van der Waals surface area contributed by atoms with E-state index in [4.69, 9.17) is 18.5 Å².